The molecular formula is C19H25NO. The van der Waals surface area contributed by atoms with Gasteiger partial charge in [-0.3, -0.25) is 0 Å². The Balaban J connectivity index is 2.22. The maximum atomic E-state index is 10.2. The highest BCUT2D eigenvalue weighted by Gasteiger charge is 2.18. The van der Waals surface area contributed by atoms with Crippen LogP contribution in [0.25, 0.3) is 0 Å². The van der Waals surface area contributed by atoms with E-state index in [4.69, 9.17) is 0 Å². The molecule has 21 heavy (non-hydrogen) atoms. The Labute approximate surface area is 127 Å². The molecule has 0 aliphatic heterocycles. The molecule has 0 spiro atoms. The molecule has 2 rings (SSSR count). The number of rotatable bonds is 5. The Bertz CT molecular complexity index is 557. The van der Waals surface area contributed by atoms with Crippen LogP contribution in [0.3, 0.4) is 0 Å². The van der Waals surface area contributed by atoms with Crippen molar-refractivity contribution in [2.45, 2.75) is 38.6 Å². The molecule has 0 aromatic heterocycles. The van der Waals surface area contributed by atoms with E-state index in [2.05, 4.69) is 50.4 Å². The van der Waals surface area contributed by atoms with E-state index in [1.165, 1.54) is 5.56 Å². The van der Waals surface area contributed by atoms with Crippen LogP contribution in [0.15, 0.2) is 54.6 Å². The van der Waals surface area contributed by atoms with Crippen molar-refractivity contribution in [2.24, 2.45) is 0 Å². The van der Waals surface area contributed by atoms with E-state index < -0.39 is 0 Å². The van der Waals surface area contributed by atoms with Gasteiger partial charge in [-0.15, -0.1) is 0 Å². The van der Waals surface area contributed by atoms with Crippen molar-refractivity contribution < 1.29 is 5.11 Å². The van der Waals surface area contributed by atoms with E-state index >= 15 is 0 Å². The minimum Gasteiger partial charge on any atom is -0.508 e. The molecule has 2 aromatic carbocycles. The third kappa shape index (κ3) is 4.61. The number of benzene rings is 2. The summed E-state index contributed by atoms with van der Waals surface area (Å²) in [4.78, 5) is 0. The topological polar surface area (TPSA) is 32.3 Å². The summed E-state index contributed by atoms with van der Waals surface area (Å²) in [6.45, 7) is 7.43. The van der Waals surface area contributed by atoms with Crippen LogP contribution in [-0.4, -0.2) is 17.2 Å². The smallest absolute Gasteiger partial charge is 0.119 e. The van der Waals surface area contributed by atoms with Crippen molar-refractivity contribution in [3.63, 3.8) is 0 Å². The molecule has 2 aromatic rings. The fourth-order valence-corrected chi connectivity index (χ4v) is 2.56. The molecule has 2 N–H and O–H groups in total. The maximum Gasteiger partial charge on any atom is 0.119 e. The number of phenolic OH excluding ortho intramolecular Hbond substituents is 1. The molecule has 0 radical (unpaired) electrons. The zero-order valence-electron chi connectivity index (χ0n) is 13.1. The lowest BCUT2D eigenvalue weighted by molar-refractivity contribution is 0.413. The average Bonchev–Trinajstić information content (AvgIpc) is 2.45. The first kappa shape index (κ1) is 15.6. The number of phenols is 1. The van der Waals surface area contributed by atoms with E-state index in [-0.39, 0.29) is 11.5 Å². The SMILES string of the molecule is CC(C)(C)NCCC(c1ccccc1)c1ccccc1O. The maximum absolute atomic E-state index is 10.2. The lowest BCUT2D eigenvalue weighted by Crippen LogP contribution is -2.36. The Morgan fingerprint density at radius 1 is 0.952 bits per heavy atom. The van der Waals surface area contributed by atoms with Gasteiger partial charge in [0.05, 0.1) is 0 Å². The van der Waals surface area contributed by atoms with Crippen LogP contribution in [0.1, 0.15) is 44.2 Å². The molecule has 0 bridgehead atoms. The number of hydrogen-bond donors (Lipinski definition) is 2. The third-order valence-electron chi connectivity index (χ3n) is 3.60. The molecule has 0 saturated carbocycles. The van der Waals surface area contributed by atoms with E-state index in [1.54, 1.807) is 6.07 Å². The first-order chi connectivity index (χ1) is 9.97. The van der Waals surface area contributed by atoms with Gasteiger partial charge in [0.15, 0.2) is 0 Å². The molecule has 0 heterocycles. The van der Waals surface area contributed by atoms with Crippen molar-refractivity contribution in [2.75, 3.05) is 6.54 Å². The summed E-state index contributed by atoms with van der Waals surface area (Å²) in [5, 5.41) is 13.7. The minimum absolute atomic E-state index is 0.111. The summed E-state index contributed by atoms with van der Waals surface area (Å²) in [6, 6.07) is 18.0. The summed E-state index contributed by atoms with van der Waals surface area (Å²) < 4.78 is 0. The van der Waals surface area contributed by atoms with Crippen LogP contribution in [-0.2, 0) is 0 Å². The highest BCUT2D eigenvalue weighted by Crippen LogP contribution is 2.33. The fraction of sp³-hybridized carbons (Fsp3) is 0.368. The quantitative estimate of drug-likeness (QED) is 0.857. The zero-order valence-corrected chi connectivity index (χ0v) is 13.1. The molecule has 0 aliphatic carbocycles. The number of para-hydroxylation sites is 1. The molecular weight excluding hydrogens is 258 g/mol. The summed E-state index contributed by atoms with van der Waals surface area (Å²) in [7, 11) is 0. The molecule has 2 heteroatoms. The minimum atomic E-state index is 0.111. The molecule has 0 saturated heterocycles. The van der Waals surface area contributed by atoms with Crippen LogP contribution in [0.4, 0.5) is 0 Å². The number of nitrogens with one attached hydrogen (secondary N) is 1. The van der Waals surface area contributed by atoms with Gasteiger partial charge in [0, 0.05) is 17.0 Å². The molecule has 0 fully saturated rings. The third-order valence-corrected chi connectivity index (χ3v) is 3.60. The van der Waals surface area contributed by atoms with Crippen molar-refractivity contribution in [1.82, 2.24) is 5.32 Å². The van der Waals surface area contributed by atoms with Gasteiger partial charge in [0.25, 0.3) is 0 Å². The van der Waals surface area contributed by atoms with Gasteiger partial charge in [0.1, 0.15) is 5.75 Å². The molecule has 1 atom stereocenters. The van der Waals surface area contributed by atoms with E-state index in [0.29, 0.717) is 5.75 Å². The average molecular weight is 283 g/mol. The Morgan fingerprint density at radius 3 is 2.19 bits per heavy atom. The largest absolute Gasteiger partial charge is 0.508 e. The molecule has 2 nitrogen and oxygen atoms in total. The second-order valence-corrected chi connectivity index (χ2v) is 6.49. The van der Waals surface area contributed by atoms with Crippen LogP contribution < -0.4 is 5.32 Å². The monoisotopic (exact) mass is 283 g/mol. The van der Waals surface area contributed by atoms with Gasteiger partial charge in [-0.25, -0.2) is 0 Å². The first-order valence-electron chi connectivity index (χ1n) is 7.55. The van der Waals surface area contributed by atoms with Crippen molar-refractivity contribution in [3.05, 3.63) is 65.7 Å². The van der Waals surface area contributed by atoms with Crippen LogP contribution >= 0.6 is 0 Å². The zero-order chi connectivity index (χ0) is 15.3. The van der Waals surface area contributed by atoms with E-state index in [1.807, 2.05) is 24.3 Å². The fourth-order valence-electron chi connectivity index (χ4n) is 2.56. The second-order valence-electron chi connectivity index (χ2n) is 6.49. The highest BCUT2D eigenvalue weighted by molar-refractivity contribution is 5.41. The van der Waals surface area contributed by atoms with E-state index in [0.717, 1.165) is 18.5 Å². The number of aromatic hydroxyl groups is 1. The molecule has 1 unspecified atom stereocenters. The van der Waals surface area contributed by atoms with Crippen molar-refractivity contribution in [3.8, 4) is 5.75 Å². The highest BCUT2D eigenvalue weighted by atomic mass is 16.3. The van der Waals surface area contributed by atoms with Gasteiger partial charge in [-0.1, -0.05) is 48.5 Å². The van der Waals surface area contributed by atoms with E-state index in [9.17, 15) is 5.11 Å². The lowest BCUT2D eigenvalue weighted by atomic mass is 9.87. The first-order valence-corrected chi connectivity index (χ1v) is 7.55. The second kappa shape index (κ2) is 6.77. The summed E-state index contributed by atoms with van der Waals surface area (Å²) in [5.41, 5.74) is 2.36. The summed E-state index contributed by atoms with van der Waals surface area (Å²) >= 11 is 0. The van der Waals surface area contributed by atoms with Gasteiger partial charge in [-0.05, 0) is 45.4 Å². The Kier molecular flexibility index (Phi) is 5.03. The molecule has 0 amide bonds. The van der Waals surface area contributed by atoms with Crippen LogP contribution in [0.5, 0.6) is 5.75 Å². The van der Waals surface area contributed by atoms with Crippen LogP contribution in [0.2, 0.25) is 0 Å². The van der Waals surface area contributed by atoms with Crippen molar-refractivity contribution >= 4 is 0 Å². The standard InChI is InChI=1S/C19H25NO/c1-19(2,3)20-14-13-16(15-9-5-4-6-10-15)17-11-7-8-12-18(17)21/h4-12,16,20-21H,13-14H2,1-3H3. The van der Waals surface area contributed by atoms with Gasteiger partial charge < -0.3 is 10.4 Å². The normalized spacial score (nSPS) is 13.1. The summed E-state index contributed by atoms with van der Waals surface area (Å²) in [6.07, 6.45) is 0.957. The van der Waals surface area contributed by atoms with Gasteiger partial charge in [-0.2, -0.15) is 0 Å². The predicted octanol–water partition coefficient (Wildman–Crippen LogP) is 4.30. The number of hydrogen-bond acceptors (Lipinski definition) is 2. The van der Waals surface area contributed by atoms with Crippen molar-refractivity contribution in [1.29, 1.82) is 0 Å². The van der Waals surface area contributed by atoms with Gasteiger partial charge in [0.2, 0.25) is 0 Å². The molecule has 0 aliphatic rings. The van der Waals surface area contributed by atoms with Crippen LogP contribution in [0, 0.1) is 0 Å². The van der Waals surface area contributed by atoms with Gasteiger partial charge >= 0.3 is 0 Å². The Hall–Kier alpha value is -1.80. The predicted molar refractivity (Wildman–Crippen MR) is 88.8 cm³/mol. The summed E-state index contributed by atoms with van der Waals surface area (Å²) in [5.74, 6) is 0.587. The molecule has 112 valence electrons. The Morgan fingerprint density at radius 2 is 1.57 bits per heavy atom. The lowest BCUT2D eigenvalue weighted by Gasteiger charge is -2.24.